The number of hydrogen-bond donors (Lipinski definition) is 1. The number of hydrogen-bond acceptors (Lipinski definition) is 3. The maximum absolute atomic E-state index is 12.3. The fraction of sp³-hybridized carbons (Fsp3) is 0.385. The molecule has 1 unspecified atom stereocenters. The second kappa shape index (κ2) is 5.48. The average molecular weight is 283 g/mol. The van der Waals surface area contributed by atoms with Crippen molar-refractivity contribution in [2.45, 2.75) is 19.4 Å². The highest BCUT2D eigenvalue weighted by Crippen LogP contribution is 2.32. The minimum atomic E-state index is -0.557. The number of nitrogens with one attached hydrogen (secondary N) is 1. The standard InChI is InChI=1S/C13H15ClN2O3/c1-8-13(18)16(6-5-12(17)15-8)10-7-9(14)3-4-11(10)19-2/h3-4,7-8H,5-6H2,1-2H3,(H,15,17). The maximum Gasteiger partial charge on any atom is 0.249 e. The van der Waals surface area contributed by atoms with Gasteiger partial charge < -0.3 is 15.0 Å². The van der Waals surface area contributed by atoms with Crippen molar-refractivity contribution in [1.29, 1.82) is 0 Å². The van der Waals surface area contributed by atoms with E-state index in [0.717, 1.165) is 0 Å². The highest BCUT2D eigenvalue weighted by atomic mass is 35.5. The molecule has 0 radical (unpaired) electrons. The number of carbonyl (C=O) groups is 2. The van der Waals surface area contributed by atoms with E-state index in [2.05, 4.69) is 5.32 Å². The summed E-state index contributed by atoms with van der Waals surface area (Å²) in [6.45, 7) is 1.97. The topological polar surface area (TPSA) is 58.6 Å². The summed E-state index contributed by atoms with van der Waals surface area (Å²) in [4.78, 5) is 25.3. The van der Waals surface area contributed by atoms with Crippen LogP contribution >= 0.6 is 11.6 Å². The van der Waals surface area contributed by atoms with Crippen LogP contribution in [-0.2, 0) is 9.59 Å². The van der Waals surface area contributed by atoms with Gasteiger partial charge in [0.25, 0.3) is 0 Å². The van der Waals surface area contributed by atoms with Crippen LogP contribution in [0.4, 0.5) is 5.69 Å². The van der Waals surface area contributed by atoms with E-state index in [1.165, 1.54) is 12.0 Å². The molecule has 1 atom stereocenters. The van der Waals surface area contributed by atoms with Crippen LogP contribution in [0.3, 0.4) is 0 Å². The second-order valence-corrected chi connectivity index (χ2v) is 4.78. The van der Waals surface area contributed by atoms with Crippen LogP contribution in [0.15, 0.2) is 18.2 Å². The summed E-state index contributed by atoms with van der Waals surface area (Å²) in [7, 11) is 1.53. The monoisotopic (exact) mass is 282 g/mol. The molecule has 2 amide bonds. The normalized spacial score (nSPS) is 19.9. The summed E-state index contributed by atoms with van der Waals surface area (Å²) in [6.07, 6.45) is 0.256. The Bertz CT molecular complexity index is 519. The number of methoxy groups -OCH3 is 1. The molecule has 1 aliphatic heterocycles. The van der Waals surface area contributed by atoms with Gasteiger partial charge in [0.15, 0.2) is 0 Å². The Morgan fingerprint density at radius 1 is 1.42 bits per heavy atom. The molecule has 0 aromatic heterocycles. The summed E-state index contributed by atoms with van der Waals surface area (Å²) in [6, 6.07) is 4.51. The Morgan fingerprint density at radius 2 is 2.16 bits per heavy atom. The molecule has 6 heteroatoms. The number of ether oxygens (including phenoxy) is 1. The van der Waals surface area contributed by atoms with Crippen LogP contribution in [0.25, 0.3) is 0 Å². The van der Waals surface area contributed by atoms with E-state index in [9.17, 15) is 9.59 Å². The third-order valence-corrected chi connectivity index (χ3v) is 3.24. The van der Waals surface area contributed by atoms with Gasteiger partial charge in [-0.2, -0.15) is 0 Å². The third kappa shape index (κ3) is 2.81. The van der Waals surface area contributed by atoms with Crippen molar-refractivity contribution in [3.8, 4) is 5.75 Å². The van der Waals surface area contributed by atoms with Crippen LogP contribution in [-0.4, -0.2) is 31.5 Å². The molecule has 2 rings (SSSR count). The number of carbonyl (C=O) groups excluding carboxylic acids is 2. The first kappa shape index (κ1) is 13.7. The molecule has 1 saturated heterocycles. The summed E-state index contributed by atoms with van der Waals surface area (Å²) >= 11 is 5.97. The van der Waals surface area contributed by atoms with Gasteiger partial charge in [-0.05, 0) is 25.1 Å². The SMILES string of the molecule is COc1ccc(Cl)cc1N1CCC(=O)NC(C)C1=O. The second-order valence-electron chi connectivity index (χ2n) is 4.35. The predicted molar refractivity (Wildman–Crippen MR) is 72.6 cm³/mol. The molecule has 0 aliphatic carbocycles. The minimum absolute atomic E-state index is 0.135. The van der Waals surface area contributed by atoms with Crippen molar-refractivity contribution in [2.75, 3.05) is 18.6 Å². The summed E-state index contributed by atoms with van der Waals surface area (Å²) in [5, 5.41) is 3.15. The van der Waals surface area contributed by atoms with Gasteiger partial charge in [-0.1, -0.05) is 11.6 Å². The molecule has 1 aliphatic rings. The largest absolute Gasteiger partial charge is 0.495 e. The van der Waals surface area contributed by atoms with Crippen molar-refractivity contribution < 1.29 is 14.3 Å². The number of halogens is 1. The molecule has 1 N–H and O–H groups in total. The Hall–Kier alpha value is -1.75. The van der Waals surface area contributed by atoms with Gasteiger partial charge in [0.05, 0.1) is 12.8 Å². The van der Waals surface area contributed by atoms with Crippen LogP contribution in [0.5, 0.6) is 5.75 Å². The van der Waals surface area contributed by atoms with Gasteiger partial charge in [0.1, 0.15) is 11.8 Å². The highest BCUT2D eigenvalue weighted by molar-refractivity contribution is 6.31. The molecule has 0 spiro atoms. The molecule has 5 nitrogen and oxygen atoms in total. The fourth-order valence-electron chi connectivity index (χ4n) is 2.05. The van der Waals surface area contributed by atoms with Crippen LogP contribution in [0.1, 0.15) is 13.3 Å². The first-order valence-electron chi connectivity index (χ1n) is 5.97. The van der Waals surface area contributed by atoms with Crippen molar-refractivity contribution in [3.63, 3.8) is 0 Å². The molecular weight excluding hydrogens is 268 g/mol. The van der Waals surface area contributed by atoms with E-state index in [1.54, 1.807) is 25.1 Å². The highest BCUT2D eigenvalue weighted by Gasteiger charge is 2.29. The molecule has 0 bridgehead atoms. The Kier molecular flexibility index (Phi) is 3.95. The smallest absolute Gasteiger partial charge is 0.249 e. The van der Waals surface area contributed by atoms with Crippen LogP contribution in [0, 0.1) is 0 Å². The van der Waals surface area contributed by atoms with Crippen molar-refractivity contribution in [3.05, 3.63) is 23.2 Å². The van der Waals surface area contributed by atoms with E-state index in [1.807, 2.05) is 0 Å². The Balaban J connectivity index is 2.41. The molecule has 0 saturated carbocycles. The van der Waals surface area contributed by atoms with E-state index < -0.39 is 6.04 Å². The van der Waals surface area contributed by atoms with E-state index in [0.29, 0.717) is 23.0 Å². The summed E-state index contributed by atoms with van der Waals surface area (Å²) in [5.74, 6) is 0.245. The van der Waals surface area contributed by atoms with Gasteiger partial charge in [-0.25, -0.2) is 0 Å². The van der Waals surface area contributed by atoms with Gasteiger partial charge in [-0.15, -0.1) is 0 Å². The average Bonchev–Trinajstić information content (AvgIpc) is 2.50. The molecule has 1 fully saturated rings. The first-order chi connectivity index (χ1) is 9.02. The molecule has 1 aromatic rings. The zero-order valence-electron chi connectivity index (χ0n) is 10.8. The fourth-order valence-corrected chi connectivity index (χ4v) is 2.21. The lowest BCUT2D eigenvalue weighted by Crippen LogP contribution is -2.42. The van der Waals surface area contributed by atoms with Crippen LogP contribution < -0.4 is 15.0 Å². The van der Waals surface area contributed by atoms with Gasteiger partial charge in [-0.3, -0.25) is 9.59 Å². The first-order valence-corrected chi connectivity index (χ1v) is 6.35. The minimum Gasteiger partial charge on any atom is -0.495 e. The van der Waals surface area contributed by atoms with Gasteiger partial charge in [0, 0.05) is 18.0 Å². The number of nitrogens with zero attached hydrogens (tertiary/aromatic N) is 1. The van der Waals surface area contributed by atoms with E-state index >= 15 is 0 Å². The zero-order chi connectivity index (χ0) is 14.0. The van der Waals surface area contributed by atoms with Gasteiger partial charge >= 0.3 is 0 Å². The summed E-state index contributed by atoms with van der Waals surface area (Å²) in [5.41, 5.74) is 0.586. The molecular formula is C13H15ClN2O3. The lowest BCUT2D eigenvalue weighted by Gasteiger charge is -2.24. The van der Waals surface area contributed by atoms with Crippen LogP contribution in [0.2, 0.25) is 5.02 Å². The zero-order valence-corrected chi connectivity index (χ0v) is 11.5. The number of benzene rings is 1. The van der Waals surface area contributed by atoms with Gasteiger partial charge in [0.2, 0.25) is 11.8 Å². The summed E-state index contributed by atoms with van der Waals surface area (Å²) < 4.78 is 5.25. The molecule has 1 aromatic carbocycles. The van der Waals surface area contributed by atoms with Crippen molar-refractivity contribution in [1.82, 2.24) is 5.32 Å². The molecule has 1 heterocycles. The Morgan fingerprint density at radius 3 is 2.84 bits per heavy atom. The van der Waals surface area contributed by atoms with Crippen molar-refractivity contribution >= 4 is 29.1 Å². The predicted octanol–water partition coefficient (Wildman–Crippen LogP) is 1.59. The molecule has 102 valence electrons. The van der Waals surface area contributed by atoms with E-state index in [4.69, 9.17) is 16.3 Å². The maximum atomic E-state index is 12.3. The van der Waals surface area contributed by atoms with E-state index in [-0.39, 0.29) is 18.2 Å². The quantitative estimate of drug-likeness (QED) is 0.896. The number of anilines is 1. The number of amides is 2. The third-order valence-electron chi connectivity index (χ3n) is 3.01. The lowest BCUT2D eigenvalue weighted by molar-refractivity contribution is -0.125. The Labute approximate surface area is 116 Å². The van der Waals surface area contributed by atoms with Crippen molar-refractivity contribution in [2.24, 2.45) is 0 Å². The molecule has 19 heavy (non-hydrogen) atoms. The lowest BCUT2D eigenvalue weighted by atomic mass is 10.2. The number of rotatable bonds is 2.